The highest BCUT2D eigenvalue weighted by molar-refractivity contribution is 8.13. The van der Waals surface area contributed by atoms with Crippen molar-refractivity contribution in [3.8, 4) is 0 Å². The topological polar surface area (TPSA) is 69.8 Å². The fourth-order valence-corrected chi connectivity index (χ4v) is 6.32. The first-order chi connectivity index (χ1) is 19.5. The molecular weight excluding hydrogens is 537 g/mol. The van der Waals surface area contributed by atoms with E-state index >= 15 is 0 Å². The van der Waals surface area contributed by atoms with Crippen LogP contribution in [-0.2, 0) is 22.7 Å². The van der Waals surface area contributed by atoms with Crippen LogP contribution in [0.15, 0.2) is 48.6 Å². The Hall–Kier alpha value is -1.80. The molecule has 0 aliphatic heterocycles. The molecule has 0 N–H and O–H groups in total. The number of unbranched alkanes of at least 4 members (excludes halogenated alkanes) is 10. The second-order valence-electron chi connectivity index (χ2n) is 10.7. The third-order valence-electron chi connectivity index (χ3n) is 7.32. The lowest BCUT2D eigenvalue weighted by atomic mass is 9.92. The lowest BCUT2D eigenvalue weighted by Gasteiger charge is -2.17. The number of aryl methyl sites for hydroxylation is 2. The average Bonchev–Trinajstić information content (AvgIpc) is 3.65. The molecule has 2 rings (SSSR count). The summed E-state index contributed by atoms with van der Waals surface area (Å²) in [6.07, 6.45) is 31.3. The van der Waals surface area contributed by atoms with Crippen LogP contribution >= 0.6 is 23.5 Å². The van der Waals surface area contributed by atoms with Crippen LogP contribution in [0, 0.1) is 0 Å². The number of thioether (sulfide) groups is 2. The van der Waals surface area contributed by atoms with E-state index in [4.69, 9.17) is 0 Å². The van der Waals surface area contributed by atoms with Crippen molar-refractivity contribution in [2.75, 3.05) is 11.5 Å². The van der Waals surface area contributed by atoms with Crippen molar-refractivity contribution < 1.29 is 9.59 Å². The SMILES string of the molecule is CC(=O)SCCCCCCCC/C(CCn1ccnc1)=C(\CCCCCCCCSC(C)=O)CCn1ccnc1. The largest absolute Gasteiger partial charge is 0.337 e. The normalized spacial score (nSPS) is 12.1. The smallest absolute Gasteiger partial charge is 0.185 e. The number of aromatic nitrogens is 4. The van der Waals surface area contributed by atoms with Gasteiger partial charge in [0.25, 0.3) is 0 Å². The maximum absolute atomic E-state index is 11.1. The quantitative estimate of drug-likeness (QED) is 0.0901. The van der Waals surface area contributed by atoms with Crippen LogP contribution in [0.2, 0.25) is 0 Å². The Balaban J connectivity index is 1.86. The first-order valence-electron chi connectivity index (χ1n) is 15.4. The Labute approximate surface area is 251 Å². The number of carbonyl (C=O) groups excluding carboxylic acids is 2. The minimum absolute atomic E-state index is 0.235. The van der Waals surface area contributed by atoms with E-state index in [9.17, 15) is 9.59 Å². The van der Waals surface area contributed by atoms with E-state index in [1.807, 2.05) is 25.0 Å². The van der Waals surface area contributed by atoms with Crippen LogP contribution in [0.5, 0.6) is 0 Å². The lowest BCUT2D eigenvalue weighted by molar-refractivity contribution is -0.109. The van der Waals surface area contributed by atoms with Crippen molar-refractivity contribution in [3.63, 3.8) is 0 Å². The summed E-state index contributed by atoms with van der Waals surface area (Å²) in [6.45, 7) is 5.31. The summed E-state index contributed by atoms with van der Waals surface area (Å²) in [4.78, 5) is 30.7. The summed E-state index contributed by atoms with van der Waals surface area (Å²) < 4.78 is 4.41. The molecule has 40 heavy (non-hydrogen) atoms. The molecule has 0 aromatic carbocycles. The van der Waals surface area contributed by atoms with Crippen molar-refractivity contribution in [3.05, 3.63) is 48.6 Å². The Morgan fingerprint density at radius 1 is 0.550 bits per heavy atom. The summed E-state index contributed by atoms with van der Waals surface area (Å²) in [5, 5.41) is 0.471. The van der Waals surface area contributed by atoms with Crippen molar-refractivity contribution >= 4 is 33.8 Å². The van der Waals surface area contributed by atoms with Gasteiger partial charge < -0.3 is 9.13 Å². The second kappa shape index (κ2) is 22.8. The van der Waals surface area contributed by atoms with E-state index in [1.54, 1.807) is 25.0 Å². The summed E-state index contributed by atoms with van der Waals surface area (Å²) in [5.41, 5.74) is 3.32. The summed E-state index contributed by atoms with van der Waals surface area (Å²) in [5.74, 6) is 1.94. The number of hydrogen-bond donors (Lipinski definition) is 0. The van der Waals surface area contributed by atoms with Crippen molar-refractivity contribution in [1.82, 2.24) is 19.1 Å². The van der Waals surface area contributed by atoms with Crippen LogP contribution in [0.3, 0.4) is 0 Å². The predicted octanol–water partition coefficient (Wildman–Crippen LogP) is 8.88. The van der Waals surface area contributed by atoms with Crippen LogP contribution in [-0.4, -0.2) is 40.8 Å². The van der Waals surface area contributed by atoms with Gasteiger partial charge in [0.2, 0.25) is 0 Å². The Morgan fingerprint density at radius 2 is 0.925 bits per heavy atom. The molecule has 2 aromatic heterocycles. The highest BCUT2D eigenvalue weighted by atomic mass is 32.2. The highest BCUT2D eigenvalue weighted by Crippen LogP contribution is 2.26. The Bertz CT molecular complexity index is 866. The second-order valence-corrected chi connectivity index (χ2v) is 13.3. The fraction of sp³-hybridized carbons (Fsp3) is 0.688. The molecule has 0 aliphatic carbocycles. The molecule has 0 radical (unpaired) electrons. The number of carbonyl (C=O) groups is 2. The zero-order valence-corrected chi connectivity index (χ0v) is 26.7. The monoisotopic (exact) mass is 588 g/mol. The lowest BCUT2D eigenvalue weighted by Crippen LogP contribution is -2.04. The molecule has 224 valence electrons. The summed E-state index contributed by atoms with van der Waals surface area (Å²) in [6, 6.07) is 0. The molecule has 2 heterocycles. The molecule has 2 aromatic rings. The minimum Gasteiger partial charge on any atom is -0.337 e. The van der Waals surface area contributed by atoms with Crippen molar-refractivity contribution in [2.45, 2.75) is 130 Å². The van der Waals surface area contributed by atoms with Gasteiger partial charge in [-0.2, -0.15) is 0 Å². The first kappa shape index (κ1) is 34.4. The molecule has 0 bridgehead atoms. The van der Waals surface area contributed by atoms with E-state index in [1.165, 1.54) is 101 Å². The molecule has 0 atom stereocenters. The maximum Gasteiger partial charge on any atom is 0.185 e. The van der Waals surface area contributed by atoms with Gasteiger partial charge in [-0.1, -0.05) is 86.0 Å². The van der Waals surface area contributed by atoms with Crippen LogP contribution < -0.4 is 0 Å². The maximum atomic E-state index is 11.1. The summed E-state index contributed by atoms with van der Waals surface area (Å²) >= 11 is 2.92. The first-order valence-corrected chi connectivity index (χ1v) is 17.4. The standard InChI is InChI=1S/C32H52N4O2S2/c1-29(37)39-25-13-9-5-3-7-11-15-31(17-21-35-23-19-33-27-35)32(18-22-36-24-20-34-28-36)16-12-8-4-6-10-14-26-40-30(2)38/h19-20,23-24,27-28H,3-18,21-22,25-26H2,1-2H3/b32-31-. The Morgan fingerprint density at radius 3 is 1.27 bits per heavy atom. The van der Waals surface area contributed by atoms with Gasteiger partial charge in [-0.15, -0.1) is 0 Å². The molecule has 0 amide bonds. The van der Waals surface area contributed by atoms with Crippen LogP contribution in [0.25, 0.3) is 0 Å². The molecule has 6 nitrogen and oxygen atoms in total. The van der Waals surface area contributed by atoms with Gasteiger partial charge in [-0.05, 0) is 51.4 Å². The van der Waals surface area contributed by atoms with Gasteiger partial charge in [0, 0.05) is 63.2 Å². The summed E-state index contributed by atoms with van der Waals surface area (Å²) in [7, 11) is 0. The minimum atomic E-state index is 0.235. The molecular formula is C32H52N4O2S2. The molecule has 0 saturated carbocycles. The van der Waals surface area contributed by atoms with Gasteiger partial charge in [-0.3, -0.25) is 9.59 Å². The zero-order chi connectivity index (χ0) is 28.7. The number of nitrogens with zero attached hydrogens (tertiary/aromatic N) is 4. The van der Waals surface area contributed by atoms with Gasteiger partial charge >= 0.3 is 0 Å². The zero-order valence-electron chi connectivity index (χ0n) is 25.0. The van der Waals surface area contributed by atoms with Crippen molar-refractivity contribution in [2.24, 2.45) is 0 Å². The Kier molecular flexibility index (Phi) is 19.6. The van der Waals surface area contributed by atoms with Gasteiger partial charge in [0.15, 0.2) is 10.2 Å². The van der Waals surface area contributed by atoms with Crippen LogP contribution in [0.1, 0.15) is 117 Å². The third kappa shape index (κ3) is 17.8. The molecule has 0 aliphatic rings. The molecule has 0 spiro atoms. The van der Waals surface area contributed by atoms with Crippen molar-refractivity contribution in [1.29, 1.82) is 0 Å². The van der Waals surface area contributed by atoms with E-state index in [-0.39, 0.29) is 10.2 Å². The average molecular weight is 589 g/mol. The molecule has 0 unspecified atom stereocenters. The number of rotatable bonds is 24. The highest BCUT2D eigenvalue weighted by Gasteiger charge is 2.10. The fourth-order valence-electron chi connectivity index (χ4n) is 5.05. The number of allylic oxidation sites excluding steroid dienone is 2. The molecule has 8 heteroatoms. The van der Waals surface area contributed by atoms with E-state index < -0.39 is 0 Å². The molecule has 0 fully saturated rings. The third-order valence-corrected chi connectivity index (χ3v) is 9.12. The van der Waals surface area contributed by atoms with Crippen LogP contribution in [0.4, 0.5) is 0 Å². The van der Waals surface area contributed by atoms with Gasteiger partial charge in [0.1, 0.15) is 0 Å². The van der Waals surface area contributed by atoms with Gasteiger partial charge in [-0.25, -0.2) is 9.97 Å². The van der Waals surface area contributed by atoms with E-state index in [0.29, 0.717) is 0 Å². The number of hydrogen-bond acceptors (Lipinski definition) is 6. The van der Waals surface area contributed by atoms with E-state index in [2.05, 4.69) is 31.5 Å². The predicted molar refractivity (Wildman–Crippen MR) is 172 cm³/mol. The van der Waals surface area contributed by atoms with E-state index in [0.717, 1.165) is 50.3 Å². The van der Waals surface area contributed by atoms with Gasteiger partial charge in [0.05, 0.1) is 12.7 Å². The number of imidazole rings is 2. The molecule has 0 saturated heterocycles.